The predicted octanol–water partition coefficient (Wildman–Crippen LogP) is 5.03. The quantitative estimate of drug-likeness (QED) is 0.250. The van der Waals surface area contributed by atoms with Crippen LogP contribution >= 0.6 is 0 Å². The van der Waals surface area contributed by atoms with Gasteiger partial charge in [-0.1, -0.05) is 0 Å². The lowest BCUT2D eigenvalue weighted by molar-refractivity contribution is -0.142. The highest BCUT2D eigenvalue weighted by molar-refractivity contribution is 6.09. The molecule has 0 radical (unpaired) electrons. The number of fused-ring (bicyclic) bond motifs is 3. The Morgan fingerprint density at radius 1 is 1.02 bits per heavy atom. The van der Waals surface area contributed by atoms with Crippen LogP contribution in [-0.2, 0) is 47.3 Å². The summed E-state index contributed by atoms with van der Waals surface area (Å²) < 4.78 is 30.3. The number of ether oxygens (including phenoxy) is 2. The molecule has 8 rings (SSSR count). The number of piperazine rings is 1. The van der Waals surface area contributed by atoms with E-state index in [1.807, 2.05) is 24.4 Å². The maximum Gasteiger partial charge on any atom is 0.302 e. The van der Waals surface area contributed by atoms with Crippen LogP contribution in [0.2, 0.25) is 0 Å². The average Bonchev–Trinajstić information content (AvgIpc) is 3.50. The molecule has 13 heteroatoms. The highest BCUT2D eigenvalue weighted by Gasteiger charge is 2.37. The molecule has 3 aromatic heterocycles. The van der Waals surface area contributed by atoms with Gasteiger partial charge in [-0.2, -0.15) is 0 Å². The minimum atomic E-state index is -0.553. The summed E-state index contributed by atoms with van der Waals surface area (Å²) >= 11 is 0. The summed E-state index contributed by atoms with van der Waals surface area (Å²) in [5, 5.41) is 3.18. The molecule has 278 valence electrons. The van der Waals surface area contributed by atoms with Crippen molar-refractivity contribution in [3.8, 4) is 11.1 Å². The zero-order chi connectivity index (χ0) is 37.0. The average molecular weight is 724 g/mol. The Bertz CT molecular complexity index is 2120. The highest BCUT2D eigenvalue weighted by Crippen LogP contribution is 2.38. The van der Waals surface area contributed by atoms with E-state index in [0.29, 0.717) is 64.9 Å². The summed E-state index contributed by atoms with van der Waals surface area (Å²) in [6, 6.07) is 11.3. The minimum absolute atomic E-state index is 0.183. The molecule has 1 aromatic carbocycles. The number of nitrogens with zero attached hydrogens (tertiary/aromatic N) is 6. The molecule has 4 aliphatic rings. The van der Waals surface area contributed by atoms with Gasteiger partial charge in [0.25, 0.3) is 11.5 Å². The van der Waals surface area contributed by atoms with Gasteiger partial charge in [-0.3, -0.25) is 19.3 Å². The summed E-state index contributed by atoms with van der Waals surface area (Å²) in [5.41, 5.74) is 5.51. The zero-order valence-electron chi connectivity index (χ0n) is 30.7. The lowest BCUT2D eigenvalue weighted by Gasteiger charge is -2.50. The van der Waals surface area contributed by atoms with Crippen LogP contribution in [0.3, 0.4) is 0 Å². The van der Waals surface area contributed by atoms with Gasteiger partial charge in [-0.15, -0.1) is 0 Å². The zero-order valence-corrected chi connectivity index (χ0v) is 30.7. The summed E-state index contributed by atoms with van der Waals surface area (Å²) in [4.78, 5) is 50.7. The second kappa shape index (κ2) is 14.1. The molecule has 53 heavy (non-hydrogen) atoms. The largest absolute Gasteiger partial charge is 0.461 e. The Morgan fingerprint density at radius 2 is 1.85 bits per heavy atom. The molecule has 2 atom stereocenters. The van der Waals surface area contributed by atoms with Crippen molar-refractivity contribution in [2.75, 3.05) is 48.0 Å². The molecule has 1 N–H and O–H groups in total. The van der Waals surface area contributed by atoms with Gasteiger partial charge in [0.1, 0.15) is 23.9 Å². The third kappa shape index (κ3) is 6.61. The number of carbonyl (C=O) groups is 2. The van der Waals surface area contributed by atoms with Crippen LogP contribution in [0.5, 0.6) is 0 Å². The van der Waals surface area contributed by atoms with Crippen molar-refractivity contribution in [1.82, 2.24) is 19.0 Å². The number of carbonyl (C=O) groups excluding carboxylic acids is 2. The maximum atomic E-state index is 15.7. The van der Waals surface area contributed by atoms with Gasteiger partial charge in [0.2, 0.25) is 0 Å². The van der Waals surface area contributed by atoms with E-state index in [1.165, 1.54) is 23.6 Å². The first-order chi connectivity index (χ1) is 25.5. The van der Waals surface area contributed by atoms with E-state index in [-0.39, 0.29) is 23.8 Å². The summed E-state index contributed by atoms with van der Waals surface area (Å²) in [5.74, 6) is -0.777. The van der Waals surface area contributed by atoms with E-state index in [9.17, 15) is 14.4 Å². The fourth-order valence-corrected chi connectivity index (χ4v) is 8.46. The van der Waals surface area contributed by atoms with E-state index >= 15 is 4.39 Å². The van der Waals surface area contributed by atoms with E-state index in [2.05, 4.69) is 38.5 Å². The number of esters is 1. The number of halogens is 1. The number of aromatic nitrogens is 3. The molecule has 2 saturated heterocycles. The van der Waals surface area contributed by atoms with Gasteiger partial charge >= 0.3 is 5.97 Å². The van der Waals surface area contributed by atoms with Crippen molar-refractivity contribution in [1.29, 1.82) is 0 Å². The van der Waals surface area contributed by atoms with E-state index < -0.39 is 11.8 Å². The fraction of sp³-hybridized carbons (Fsp3) is 0.450. The Hall–Kier alpha value is -5.01. The smallest absolute Gasteiger partial charge is 0.302 e. The summed E-state index contributed by atoms with van der Waals surface area (Å²) in [7, 11) is 1.63. The first-order valence-corrected chi connectivity index (χ1v) is 18.6. The summed E-state index contributed by atoms with van der Waals surface area (Å²) in [6.07, 6.45) is 7.17. The Balaban J connectivity index is 1.09. The SMILES string of the molecule is CC(=O)OCc1c(-c2cc(Nc3ccc(N4CC(C)N(C5COC5)CC4C)cn3)c(=O)n(C)c2)cc(F)cc1N1CCc2c(cc3n2CCCC3)C1=O. The molecule has 2 fully saturated rings. The highest BCUT2D eigenvalue weighted by atomic mass is 19.1. The molecular weight excluding hydrogens is 677 g/mol. The van der Waals surface area contributed by atoms with E-state index in [4.69, 9.17) is 9.47 Å². The normalized spacial score (nSPS) is 20.5. The van der Waals surface area contributed by atoms with Crippen molar-refractivity contribution < 1.29 is 23.5 Å². The second-order valence-corrected chi connectivity index (χ2v) is 14.9. The van der Waals surface area contributed by atoms with E-state index in [1.54, 1.807) is 24.2 Å². The van der Waals surface area contributed by atoms with Crippen LogP contribution in [0.15, 0.2) is 53.6 Å². The number of amides is 1. The van der Waals surface area contributed by atoms with Crippen LogP contribution in [-0.4, -0.2) is 81.9 Å². The molecule has 0 saturated carbocycles. The monoisotopic (exact) mass is 723 g/mol. The molecule has 0 spiro atoms. The predicted molar refractivity (Wildman–Crippen MR) is 200 cm³/mol. The minimum Gasteiger partial charge on any atom is -0.461 e. The van der Waals surface area contributed by atoms with Crippen molar-refractivity contribution in [3.63, 3.8) is 0 Å². The van der Waals surface area contributed by atoms with Gasteiger partial charge in [0.15, 0.2) is 0 Å². The van der Waals surface area contributed by atoms with E-state index in [0.717, 1.165) is 69.2 Å². The second-order valence-electron chi connectivity index (χ2n) is 14.9. The van der Waals surface area contributed by atoms with Crippen molar-refractivity contribution >= 4 is 34.8 Å². The molecule has 0 bridgehead atoms. The fourth-order valence-electron chi connectivity index (χ4n) is 8.46. The van der Waals surface area contributed by atoms with Gasteiger partial charge in [-0.05, 0) is 75.1 Å². The number of anilines is 4. The molecule has 7 heterocycles. The number of rotatable bonds is 8. The van der Waals surface area contributed by atoms with Crippen LogP contribution in [0.1, 0.15) is 60.9 Å². The lowest BCUT2D eigenvalue weighted by atomic mass is 9.96. The molecule has 4 aliphatic heterocycles. The number of nitrogens with one attached hydrogen (secondary N) is 1. The molecule has 4 aromatic rings. The molecule has 1 amide bonds. The Morgan fingerprint density at radius 3 is 2.58 bits per heavy atom. The van der Waals surface area contributed by atoms with Crippen LogP contribution in [0.4, 0.5) is 27.3 Å². The van der Waals surface area contributed by atoms with Crippen molar-refractivity contribution in [3.05, 3.63) is 87.5 Å². The maximum absolute atomic E-state index is 15.7. The molecule has 0 aliphatic carbocycles. The Kier molecular flexibility index (Phi) is 9.32. The molecule has 12 nitrogen and oxygen atoms in total. The third-order valence-corrected chi connectivity index (χ3v) is 11.3. The number of aryl methyl sites for hydroxylation is 2. The first-order valence-electron chi connectivity index (χ1n) is 18.6. The van der Waals surface area contributed by atoms with Crippen molar-refractivity contribution in [2.45, 2.75) is 77.7 Å². The summed E-state index contributed by atoms with van der Waals surface area (Å²) in [6.45, 7) is 10.3. The number of benzene rings is 1. The van der Waals surface area contributed by atoms with Crippen LogP contribution in [0.25, 0.3) is 11.1 Å². The standard InChI is InChI=1S/C40H46FN7O5/c1-24-19-48(31-21-52-22-31)25(2)18-47(24)30-8-9-38(42-17-30)43-35-13-27(20-44(4)40(35)51)32-14-28(41)15-37(34(32)23-53-26(3)49)46-12-10-36-33(39(46)50)16-29-7-5-6-11-45(29)36/h8-9,13-17,20,24-25,31H,5-7,10-12,18-19,21-23H2,1-4H3,(H,42,43). The first kappa shape index (κ1) is 35.0. The van der Waals surface area contributed by atoms with Gasteiger partial charge in [-0.25, -0.2) is 9.37 Å². The number of hydrogen-bond donors (Lipinski definition) is 1. The molecular formula is C40H46FN7O5. The Labute approximate surface area is 308 Å². The van der Waals surface area contributed by atoms with Gasteiger partial charge in [0, 0.05) is 87.4 Å². The van der Waals surface area contributed by atoms with Crippen LogP contribution in [0, 0.1) is 5.82 Å². The van der Waals surface area contributed by atoms with Crippen LogP contribution < -0.4 is 20.7 Å². The van der Waals surface area contributed by atoms with Gasteiger partial charge in [0.05, 0.1) is 42.4 Å². The number of hydrogen-bond acceptors (Lipinski definition) is 9. The molecule has 2 unspecified atom stereocenters. The van der Waals surface area contributed by atoms with Gasteiger partial charge < -0.3 is 33.7 Å². The lowest BCUT2D eigenvalue weighted by Crippen LogP contribution is -2.63. The van der Waals surface area contributed by atoms with Crippen molar-refractivity contribution in [2.24, 2.45) is 7.05 Å². The third-order valence-electron chi connectivity index (χ3n) is 11.3. The topological polar surface area (TPSA) is 114 Å². The number of pyridine rings is 2.